The van der Waals surface area contributed by atoms with Crippen LogP contribution in [0.3, 0.4) is 0 Å². The van der Waals surface area contributed by atoms with Crippen molar-refractivity contribution in [1.82, 2.24) is 0 Å². The minimum atomic E-state index is -0.510. The van der Waals surface area contributed by atoms with Crippen LogP contribution in [0.2, 0.25) is 0 Å². The fourth-order valence-corrected chi connectivity index (χ4v) is 2.13. The van der Waals surface area contributed by atoms with Crippen LogP contribution in [0, 0.1) is 6.92 Å². The van der Waals surface area contributed by atoms with Gasteiger partial charge in [0.1, 0.15) is 10.5 Å². The Bertz CT molecular complexity index is 424. The van der Waals surface area contributed by atoms with Gasteiger partial charge in [-0.1, -0.05) is 0 Å². The summed E-state index contributed by atoms with van der Waals surface area (Å²) in [6, 6.07) is 1.73. The molecule has 88 valence electrons. The molecule has 1 heterocycles. The summed E-state index contributed by atoms with van der Waals surface area (Å²) in [5.41, 5.74) is 0.286. The zero-order chi connectivity index (χ0) is 12.5. The van der Waals surface area contributed by atoms with Crippen molar-refractivity contribution in [2.45, 2.75) is 40.2 Å². The average Bonchev–Trinajstić information content (AvgIpc) is 2.44. The quantitative estimate of drug-likeness (QED) is 0.589. The number of ether oxygens (including phenoxy) is 1. The monoisotopic (exact) mass is 240 g/mol. The van der Waals surface area contributed by atoms with Crippen molar-refractivity contribution in [2.75, 3.05) is 0 Å². The van der Waals surface area contributed by atoms with E-state index in [9.17, 15) is 9.59 Å². The van der Waals surface area contributed by atoms with Crippen molar-refractivity contribution in [2.24, 2.45) is 0 Å². The van der Waals surface area contributed by atoms with Gasteiger partial charge in [0.25, 0.3) is 0 Å². The second-order valence-electron chi connectivity index (χ2n) is 4.68. The SMILES string of the molecule is CC(=O)c1cc(C)c(C(=O)OC(C)(C)C)s1. The Labute approximate surface area is 99.4 Å². The van der Waals surface area contributed by atoms with Gasteiger partial charge in [0, 0.05) is 0 Å². The van der Waals surface area contributed by atoms with E-state index in [0.717, 1.165) is 5.56 Å². The van der Waals surface area contributed by atoms with Crippen LogP contribution in [0.5, 0.6) is 0 Å². The lowest BCUT2D eigenvalue weighted by Crippen LogP contribution is -2.23. The molecule has 0 amide bonds. The molecule has 1 aromatic rings. The third-order valence-corrected chi connectivity index (χ3v) is 3.17. The van der Waals surface area contributed by atoms with Crippen molar-refractivity contribution < 1.29 is 14.3 Å². The van der Waals surface area contributed by atoms with E-state index in [1.165, 1.54) is 18.3 Å². The molecule has 0 spiro atoms. The number of aryl methyl sites for hydroxylation is 1. The fraction of sp³-hybridized carbons (Fsp3) is 0.500. The normalized spacial score (nSPS) is 11.3. The lowest BCUT2D eigenvalue weighted by atomic mass is 10.2. The van der Waals surface area contributed by atoms with Crippen LogP contribution in [0.15, 0.2) is 6.07 Å². The molecule has 0 atom stereocenters. The Morgan fingerprint density at radius 2 is 1.88 bits per heavy atom. The minimum Gasteiger partial charge on any atom is -0.456 e. The topological polar surface area (TPSA) is 43.4 Å². The molecule has 0 unspecified atom stereocenters. The highest BCUT2D eigenvalue weighted by molar-refractivity contribution is 7.16. The Morgan fingerprint density at radius 1 is 1.31 bits per heavy atom. The van der Waals surface area contributed by atoms with Crippen LogP contribution in [0.4, 0.5) is 0 Å². The number of hydrogen-bond donors (Lipinski definition) is 0. The van der Waals surface area contributed by atoms with Crippen LogP contribution in [-0.2, 0) is 4.74 Å². The zero-order valence-corrected chi connectivity index (χ0v) is 11.0. The summed E-state index contributed by atoms with van der Waals surface area (Å²) >= 11 is 1.19. The average molecular weight is 240 g/mol. The van der Waals surface area contributed by atoms with E-state index in [-0.39, 0.29) is 11.8 Å². The molecule has 0 aliphatic rings. The molecular formula is C12H16O3S. The van der Waals surface area contributed by atoms with E-state index in [1.807, 2.05) is 27.7 Å². The van der Waals surface area contributed by atoms with Gasteiger partial charge in [0.05, 0.1) is 4.88 Å². The van der Waals surface area contributed by atoms with Crippen molar-refractivity contribution >= 4 is 23.1 Å². The number of esters is 1. The number of ketones is 1. The summed E-state index contributed by atoms with van der Waals surface area (Å²) < 4.78 is 5.26. The number of thiophene rings is 1. The van der Waals surface area contributed by atoms with Crippen LogP contribution >= 0.6 is 11.3 Å². The summed E-state index contributed by atoms with van der Waals surface area (Å²) in [6.45, 7) is 8.76. The molecule has 0 fully saturated rings. The van der Waals surface area contributed by atoms with Gasteiger partial charge in [-0.2, -0.15) is 0 Å². The molecule has 3 nitrogen and oxygen atoms in total. The lowest BCUT2D eigenvalue weighted by Gasteiger charge is -2.19. The van der Waals surface area contributed by atoms with Gasteiger partial charge >= 0.3 is 5.97 Å². The Hall–Kier alpha value is -1.16. The molecule has 1 aromatic heterocycles. The summed E-state index contributed by atoms with van der Waals surface area (Å²) in [5.74, 6) is -0.384. The molecule has 0 N–H and O–H groups in total. The number of rotatable bonds is 2. The molecule has 0 saturated heterocycles. The highest BCUT2D eigenvalue weighted by Crippen LogP contribution is 2.24. The van der Waals surface area contributed by atoms with Crippen LogP contribution in [0.25, 0.3) is 0 Å². The van der Waals surface area contributed by atoms with Crippen LogP contribution in [-0.4, -0.2) is 17.4 Å². The molecular weight excluding hydrogens is 224 g/mol. The molecule has 16 heavy (non-hydrogen) atoms. The van der Waals surface area contributed by atoms with E-state index in [4.69, 9.17) is 4.74 Å². The van der Waals surface area contributed by atoms with E-state index in [2.05, 4.69) is 0 Å². The van der Waals surface area contributed by atoms with Crippen LogP contribution < -0.4 is 0 Å². The first kappa shape index (κ1) is 12.9. The van der Waals surface area contributed by atoms with Gasteiger partial charge < -0.3 is 4.74 Å². The van der Waals surface area contributed by atoms with E-state index in [1.54, 1.807) is 6.07 Å². The third kappa shape index (κ3) is 3.17. The maximum absolute atomic E-state index is 11.8. The van der Waals surface area contributed by atoms with E-state index < -0.39 is 5.60 Å². The molecule has 1 rings (SSSR count). The second-order valence-corrected chi connectivity index (χ2v) is 5.73. The molecule has 0 aliphatic carbocycles. The van der Waals surface area contributed by atoms with E-state index >= 15 is 0 Å². The highest BCUT2D eigenvalue weighted by atomic mass is 32.1. The second kappa shape index (κ2) is 4.37. The molecule has 0 aliphatic heterocycles. The Kier molecular flexibility index (Phi) is 3.53. The summed E-state index contributed by atoms with van der Waals surface area (Å²) in [5, 5.41) is 0. The number of hydrogen-bond acceptors (Lipinski definition) is 4. The van der Waals surface area contributed by atoms with Gasteiger partial charge in [-0.25, -0.2) is 4.79 Å². The first-order valence-corrected chi connectivity index (χ1v) is 5.87. The predicted molar refractivity (Wildman–Crippen MR) is 64.2 cm³/mol. The van der Waals surface area contributed by atoms with Gasteiger partial charge in [0.15, 0.2) is 5.78 Å². The maximum atomic E-state index is 11.8. The van der Waals surface area contributed by atoms with Crippen molar-refractivity contribution in [3.8, 4) is 0 Å². The summed E-state index contributed by atoms with van der Waals surface area (Å²) in [6.07, 6.45) is 0. The number of carbonyl (C=O) groups is 2. The largest absolute Gasteiger partial charge is 0.456 e. The molecule has 4 heteroatoms. The fourth-order valence-electron chi connectivity index (χ4n) is 1.18. The lowest BCUT2D eigenvalue weighted by molar-refractivity contribution is 0.00745. The first-order chi connectivity index (χ1) is 7.20. The first-order valence-electron chi connectivity index (χ1n) is 5.05. The molecule has 0 bridgehead atoms. The van der Waals surface area contributed by atoms with Crippen molar-refractivity contribution in [1.29, 1.82) is 0 Å². The Balaban J connectivity index is 2.96. The zero-order valence-electron chi connectivity index (χ0n) is 10.2. The standard InChI is InChI=1S/C12H16O3S/c1-7-6-9(8(2)13)16-10(7)11(14)15-12(3,4)5/h6H,1-5H3. The van der Waals surface area contributed by atoms with Gasteiger partial charge in [-0.3, -0.25) is 4.79 Å². The molecule has 0 saturated carbocycles. The highest BCUT2D eigenvalue weighted by Gasteiger charge is 2.22. The number of carbonyl (C=O) groups excluding carboxylic acids is 2. The summed E-state index contributed by atoms with van der Waals surface area (Å²) in [4.78, 5) is 24.1. The van der Waals surface area contributed by atoms with Gasteiger partial charge in [0.2, 0.25) is 0 Å². The number of Topliss-reactive ketones (excluding diaryl/α,β-unsaturated/α-hetero) is 1. The molecule has 0 radical (unpaired) electrons. The van der Waals surface area contributed by atoms with Gasteiger partial charge in [-0.15, -0.1) is 11.3 Å². The molecule has 0 aromatic carbocycles. The van der Waals surface area contributed by atoms with E-state index in [0.29, 0.717) is 9.75 Å². The third-order valence-electron chi connectivity index (χ3n) is 1.85. The van der Waals surface area contributed by atoms with Gasteiger partial charge in [-0.05, 0) is 46.2 Å². The smallest absolute Gasteiger partial charge is 0.349 e. The van der Waals surface area contributed by atoms with Crippen LogP contribution in [0.1, 0.15) is 52.6 Å². The minimum absolute atomic E-state index is 0.0251. The predicted octanol–water partition coefficient (Wildman–Crippen LogP) is 3.21. The maximum Gasteiger partial charge on any atom is 0.349 e. The Morgan fingerprint density at radius 3 is 2.25 bits per heavy atom. The van der Waals surface area contributed by atoms with Crippen molar-refractivity contribution in [3.05, 3.63) is 21.4 Å². The summed E-state index contributed by atoms with van der Waals surface area (Å²) in [7, 11) is 0. The van der Waals surface area contributed by atoms with Crippen molar-refractivity contribution in [3.63, 3.8) is 0 Å².